The average Bonchev–Trinajstić information content (AvgIpc) is 2.96. The largest absolute Gasteiger partial charge is 0.358 e. The minimum absolute atomic E-state index is 0.123. The maximum Gasteiger partial charge on any atom is 0.132 e. The minimum atomic E-state index is -0.123. The summed E-state index contributed by atoms with van der Waals surface area (Å²) in [6, 6.07) is 5.28. The molecule has 20 heavy (non-hydrogen) atoms. The molecule has 2 heterocycles. The molecule has 1 saturated heterocycles. The summed E-state index contributed by atoms with van der Waals surface area (Å²) >= 11 is 0. The van der Waals surface area contributed by atoms with Crippen LogP contribution in [0.4, 0.5) is 4.39 Å². The van der Waals surface area contributed by atoms with E-state index in [1.165, 1.54) is 6.42 Å². The zero-order chi connectivity index (χ0) is 14.3. The lowest BCUT2D eigenvalue weighted by Gasteiger charge is -2.24. The van der Waals surface area contributed by atoms with Crippen LogP contribution < -0.4 is 0 Å². The Morgan fingerprint density at radius 3 is 2.75 bits per heavy atom. The van der Waals surface area contributed by atoms with E-state index in [0.717, 1.165) is 41.8 Å². The number of benzene rings is 1. The van der Waals surface area contributed by atoms with Crippen molar-refractivity contribution in [3.05, 3.63) is 35.3 Å². The highest BCUT2D eigenvalue weighted by atomic mass is 19.1. The van der Waals surface area contributed by atoms with Crippen molar-refractivity contribution in [3.8, 4) is 0 Å². The fourth-order valence-corrected chi connectivity index (χ4v) is 3.12. The van der Waals surface area contributed by atoms with Crippen molar-refractivity contribution in [1.82, 2.24) is 15.0 Å². The summed E-state index contributed by atoms with van der Waals surface area (Å²) in [6.07, 6.45) is 1.18. The number of aromatic amines is 1. The molecule has 1 aromatic heterocycles. The molecule has 0 amide bonds. The maximum absolute atomic E-state index is 14.2. The Bertz CT molecular complexity index is 617. The Labute approximate surface area is 119 Å². The number of nitrogens with one attached hydrogen (secondary N) is 1. The van der Waals surface area contributed by atoms with Crippen molar-refractivity contribution in [2.45, 2.75) is 32.7 Å². The van der Waals surface area contributed by atoms with E-state index in [1.54, 1.807) is 12.1 Å². The number of hydrogen-bond acceptors (Lipinski definition) is 2. The van der Waals surface area contributed by atoms with Crippen LogP contribution in [0.2, 0.25) is 0 Å². The topological polar surface area (TPSA) is 22.3 Å². The maximum atomic E-state index is 14.2. The Morgan fingerprint density at radius 2 is 2.10 bits per heavy atom. The molecule has 1 aliphatic heterocycles. The fraction of sp³-hybridized carbons (Fsp3) is 0.500. The van der Waals surface area contributed by atoms with Gasteiger partial charge < -0.3 is 4.98 Å². The van der Waals surface area contributed by atoms with E-state index in [9.17, 15) is 4.39 Å². The van der Waals surface area contributed by atoms with Gasteiger partial charge >= 0.3 is 0 Å². The highest BCUT2D eigenvalue weighted by molar-refractivity contribution is 5.85. The van der Waals surface area contributed by atoms with E-state index in [-0.39, 0.29) is 5.82 Å². The number of hydrogen-bond donors (Lipinski definition) is 1. The molecule has 0 bridgehead atoms. The average molecular weight is 275 g/mol. The number of rotatable bonds is 3. The second-order valence-corrected chi connectivity index (χ2v) is 5.96. The lowest BCUT2D eigenvalue weighted by molar-refractivity contribution is 0.0476. The van der Waals surface area contributed by atoms with E-state index in [1.807, 2.05) is 6.07 Å². The van der Waals surface area contributed by atoms with Crippen LogP contribution in [0.25, 0.3) is 10.9 Å². The summed E-state index contributed by atoms with van der Waals surface area (Å²) in [7, 11) is 2.10. The number of aromatic nitrogens is 1. The van der Waals surface area contributed by atoms with Crippen LogP contribution in [-0.2, 0) is 6.54 Å². The molecule has 3 nitrogen and oxygen atoms in total. The Hall–Kier alpha value is -1.39. The third-order valence-corrected chi connectivity index (χ3v) is 4.21. The predicted octanol–water partition coefficient (Wildman–Crippen LogP) is 3.48. The van der Waals surface area contributed by atoms with Crippen molar-refractivity contribution in [2.75, 3.05) is 20.1 Å². The van der Waals surface area contributed by atoms with Gasteiger partial charge in [-0.05, 0) is 30.0 Å². The van der Waals surface area contributed by atoms with Gasteiger partial charge in [0, 0.05) is 43.3 Å². The Balaban J connectivity index is 2.08. The van der Waals surface area contributed by atoms with Crippen molar-refractivity contribution < 1.29 is 4.39 Å². The standard InChI is InChI=1S/C16H22FN3/c1-11(2)16-12(10-20-9-5-8-19(20)3)15-13(17)6-4-7-14(15)18-16/h4,6-7,11,18H,5,8-10H2,1-3H3. The van der Waals surface area contributed by atoms with Gasteiger partial charge in [-0.2, -0.15) is 0 Å². The molecule has 1 aromatic carbocycles. The quantitative estimate of drug-likeness (QED) is 0.926. The molecular formula is C16H22FN3. The summed E-state index contributed by atoms with van der Waals surface area (Å²) in [6.45, 7) is 7.22. The molecule has 3 rings (SSSR count). The monoisotopic (exact) mass is 275 g/mol. The number of fused-ring (bicyclic) bond motifs is 1. The normalized spacial score (nSPS) is 17.6. The first-order chi connectivity index (χ1) is 9.58. The second kappa shape index (κ2) is 5.19. The molecule has 1 N–H and O–H groups in total. The third kappa shape index (κ3) is 2.23. The van der Waals surface area contributed by atoms with Crippen LogP contribution in [0.3, 0.4) is 0 Å². The van der Waals surface area contributed by atoms with Gasteiger partial charge in [0.1, 0.15) is 5.82 Å². The molecule has 4 heteroatoms. The highest BCUT2D eigenvalue weighted by Crippen LogP contribution is 2.31. The number of nitrogens with zero attached hydrogens (tertiary/aromatic N) is 2. The molecule has 0 unspecified atom stereocenters. The van der Waals surface area contributed by atoms with Crippen molar-refractivity contribution >= 4 is 10.9 Å². The van der Waals surface area contributed by atoms with E-state index in [0.29, 0.717) is 5.92 Å². The van der Waals surface area contributed by atoms with E-state index in [2.05, 4.69) is 35.9 Å². The van der Waals surface area contributed by atoms with Gasteiger partial charge in [-0.3, -0.25) is 0 Å². The van der Waals surface area contributed by atoms with Crippen LogP contribution in [0.5, 0.6) is 0 Å². The van der Waals surface area contributed by atoms with Gasteiger partial charge in [-0.1, -0.05) is 19.9 Å². The zero-order valence-electron chi connectivity index (χ0n) is 12.4. The SMILES string of the molecule is CC(C)c1[nH]c2cccc(F)c2c1CN1CCCN1C. The van der Waals surface area contributed by atoms with E-state index < -0.39 is 0 Å². The van der Waals surface area contributed by atoms with Crippen molar-refractivity contribution in [1.29, 1.82) is 0 Å². The first kappa shape index (κ1) is 13.6. The van der Waals surface area contributed by atoms with Crippen molar-refractivity contribution in [2.24, 2.45) is 0 Å². The molecule has 0 aliphatic carbocycles. The lowest BCUT2D eigenvalue weighted by Crippen LogP contribution is -2.32. The summed E-state index contributed by atoms with van der Waals surface area (Å²) in [4.78, 5) is 3.41. The highest BCUT2D eigenvalue weighted by Gasteiger charge is 2.23. The molecule has 1 fully saturated rings. The summed E-state index contributed by atoms with van der Waals surface area (Å²) in [5.74, 6) is 0.243. The summed E-state index contributed by atoms with van der Waals surface area (Å²) in [5.41, 5.74) is 3.18. The van der Waals surface area contributed by atoms with Crippen LogP contribution >= 0.6 is 0 Å². The number of H-pyrrole nitrogens is 1. The van der Waals surface area contributed by atoms with E-state index in [4.69, 9.17) is 0 Å². The van der Waals surface area contributed by atoms with E-state index >= 15 is 0 Å². The van der Waals surface area contributed by atoms with Crippen LogP contribution in [0.1, 0.15) is 37.4 Å². The molecule has 2 aromatic rings. The molecule has 0 spiro atoms. The van der Waals surface area contributed by atoms with Gasteiger partial charge in [0.2, 0.25) is 0 Å². The molecule has 0 saturated carbocycles. The lowest BCUT2D eigenvalue weighted by atomic mass is 10.0. The van der Waals surface area contributed by atoms with Gasteiger partial charge in [-0.15, -0.1) is 0 Å². The van der Waals surface area contributed by atoms with Gasteiger partial charge in [-0.25, -0.2) is 14.4 Å². The molecule has 1 aliphatic rings. The fourth-order valence-electron chi connectivity index (χ4n) is 3.12. The van der Waals surface area contributed by atoms with Gasteiger partial charge in [0.15, 0.2) is 0 Å². The molecule has 108 valence electrons. The first-order valence-corrected chi connectivity index (χ1v) is 7.33. The Kier molecular flexibility index (Phi) is 3.52. The minimum Gasteiger partial charge on any atom is -0.358 e. The number of hydrazine groups is 1. The molecule has 0 radical (unpaired) electrons. The third-order valence-electron chi connectivity index (χ3n) is 4.21. The second-order valence-electron chi connectivity index (χ2n) is 5.96. The number of halogens is 1. The summed E-state index contributed by atoms with van der Waals surface area (Å²) < 4.78 is 14.2. The summed E-state index contributed by atoms with van der Waals surface area (Å²) in [5, 5.41) is 5.31. The molecule has 0 atom stereocenters. The van der Waals surface area contributed by atoms with Crippen LogP contribution in [0, 0.1) is 5.82 Å². The predicted molar refractivity (Wildman–Crippen MR) is 80.0 cm³/mol. The Morgan fingerprint density at radius 1 is 1.30 bits per heavy atom. The molecular weight excluding hydrogens is 253 g/mol. The zero-order valence-corrected chi connectivity index (χ0v) is 12.4. The van der Waals surface area contributed by atoms with Crippen molar-refractivity contribution in [3.63, 3.8) is 0 Å². The van der Waals surface area contributed by atoms with Gasteiger partial charge in [0.25, 0.3) is 0 Å². The van der Waals surface area contributed by atoms with Gasteiger partial charge in [0.05, 0.1) is 0 Å². The van der Waals surface area contributed by atoms with Crippen LogP contribution in [-0.4, -0.2) is 35.1 Å². The smallest absolute Gasteiger partial charge is 0.132 e. The first-order valence-electron chi connectivity index (χ1n) is 7.33. The van der Waals surface area contributed by atoms with Crippen LogP contribution in [0.15, 0.2) is 18.2 Å².